The Morgan fingerprint density at radius 2 is 2.03 bits per heavy atom. The maximum absolute atomic E-state index is 14.6. The quantitative estimate of drug-likeness (QED) is 0.567. The summed E-state index contributed by atoms with van der Waals surface area (Å²) < 4.78 is 20.6. The lowest BCUT2D eigenvalue weighted by atomic mass is 9.87. The van der Waals surface area contributed by atoms with Gasteiger partial charge < -0.3 is 15.0 Å². The van der Waals surface area contributed by atoms with Crippen molar-refractivity contribution in [2.45, 2.75) is 43.9 Å². The molecule has 6 aliphatic rings. The summed E-state index contributed by atoms with van der Waals surface area (Å²) in [7, 11) is 2.02. The Morgan fingerprint density at radius 1 is 1.21 bits per heavy atom. The second kappa shape index (κ2) is 8.02. The predicted molar refractivity (Wildman–Crippen MR) is 125 cm³/mol. The van der Waals surface area contributed by atoms with E-state index in [0.29, 0.717) is 24.9 Å². The molecule has 0 amide bonds. The lowest BCUT2D eigenvalue weighted by Gasteiger charge is -2.41. The number of hydrogen-bond donors (Lipinski definition) is 3. The summed E-state index contributed by atoms with van der Waals surface area (Å²) in [4.78, 5) is 4.93. The molecule has 0 spiro atoms. The largest absolute Gasteiger partial charge is 0.489 e. The first-order valence-electron chi connectivity index (χ1n) is 12.0. The van der Waals surface area contributed by atoms with Crippen LogP contribution in [0.1, 0.15) is 26.2 Å². The standard InChI is InChI=1S/C23H33FN8O/c1-23(3-4-23)33-20-9-16-18(10-17(20)24)28-29-22(16)19-11-21(26-14-25-19)32-7-5-31(6-8-32)15-12-27-30(2)13-15/h10-12,15-16,19,25-26,28H,3-9,13-14H2,1-2H3/t15-,16+,19-/m1/s1. The molecular formula is C23H33FN8O. The highest BCUT2D eigenvalue weighted by Crippen LogP contribution is 2.44. The van der Waals surface area contributed by atoms with Gasteiger partial charge in [0.2, 0.25) is 0 Å². The number of piperazine rings is 1. The third-order valence-electron chi connectivity index (χ3n) is 7.55. The molecule has 0 bridgehead atoms. The zero-order valence-electron chi connectivity index (χ0n) is 19.4. The first kappa shape index (κ1) is 21.0. The summed E-state index contributed by atoms with van der Waals surface area (Å²) in [6.07, 6.45) is 8.34. The summed E-state index contributed by atoms with van der Waals surface area (Å²) in [6, 6.07) is 0.412. The molecule has 4 aliphatic heterocycles. The van der Waals surface area contributed by atoms with Crippen molar-refractivity contribution in [2.24, 2.45) is 16.1 Å². The molecule has 0 radical (unpaired) electrons. The molecule has 3 atom stereocenters. The van der Waals surface area contributed by atoms with E-state index in [2.05, 4.69) is 55.3 Å². The van der Waals surface area contributed by atoms with Gasteiger partial charge in [-0.25, -0.2) is 4.39 Å². The Labute approximate surface area is 194 Å². The van der Waals surface area contributed by atoms with E-state index in [9.17, 15) is 4.39 Å². The lowest BCUT2D eigenvalue weighted by molar-refractivity contribution is 0.0940. The fraction of sp³-hybridized carbons (Fsp3) is 0.652. The predicted octanol–water partition coefficient (Wildman–Crippen LogP) is 0.877. The summed E-state index contributed by atoms with van der Waals surface area (Å²) in [5, 5.41) is 18.0. The van der Waals surface area contributed by atoms with Gasteiger partial charge in [0, 0.05) is 57.5 Å². The second-order valence-corrected chi connectivity index (χ2v) is 10.1. The molecule has 4 heterocycles. The number of nitrogens with one attached hydrogen (secondary N) is 3. The Morgan fingerprint density at radius 3 is 2.76 bits per heavy atom. The third-order valence-corrected chi connectivity index (χ3v) is 7.55. The molecule has 0 unspecified atom stereocenters. The van der Waals surface area contributed by atoms with Gasteiger partial charge in [0.1, 0.15) is 17.2 Å². The number of rotatable bonds is 5. The molecule has 33 heavy (non-hydrogen) atoms. The van der Waals surface area contributed by atoms with Gasteiger partial charge in [-0.1, -0.05) is 0 Å². The summed E-state index contributed by atoms with van der Waals surface area (Å²) in [6.45, 7) is 7.68. The summed E-state index contributed by atoms with van der Waals surface area (Å²) in [5.41, 5.74) is 4.69. The first-order valence-corrected chi connectivity index (χ1v) is 12.0. The van der Waals surface area contributed by atoms with Crippen LogP contribution < -0.4 is 16.1 Å². The van der Waals surface area contributed by atoms with Gasteiger partial charge >= 0.3 is 0 Å². The van der Waals surface area contributed by atoms with Crippen molar-refractivity contribution in [1.29, 1.82) is 0 Å². The van der Waals surface area contributed by atoms with Crippen LogP contribution in [0.3, 0.4) is 0 Å². The molecule has 2 aliphatic carbocycles. The van der Waals surface area contributed by atoms with Crippen molar-refractivity contribution >= 4 is 11.9 Å². The fourth-order valence-electron chi connectivity index (χ4n) is 5.24. The van der Waals surface area contributed by atoms with Crippen LogP contribution in [-0.2, 0) is 4.74 Å². The van der Waals surface area contributed by atoms with Crippen LogP contribution in [0.5, 0.6) is 0 Å². The smallest absolute Gasteiger partial charge is 0.162 e. The van der Waals surface area contributed by atoms with Crippen LogP contribution in [0.4, 0.5) is 4.39 Å². The molecule has 9 nitrogen and oxygen atoms in total. The van der Waals surface area contributed by atoms with E-state index in [4.69, 9.17) is 4.74 Å². The zero-order chi connectivity index (χ0) is 22.6. The average molecular weight is 457 g/mol. The Balaban J connectivity index is 1.11. The van der Waals surface area contributed by atoms with Gasteiger partial charge in [-0.3, -0.25) is 20.7 Å². The molecule has 1 saturated carbocycles. The van der Waals surface area contributed by atoms with E-state index < -0.39 is 0 Å². The van der Waals surface area contributed by atoms with E-state index >= 15 is 0 Å². The average Bonchev–Trinajstić information content (AvgIpc) is 3.18. The highest BCUT2D eigenvalue weighted by molar-refractivity contribution is 5.97. The molecule has 2 fully saturated rings. The number of ether oxygens (including phenoxy) is 1. The van der Waals surface area contributed by atoms with Gasteiger partial charge in [0.25, 0.3) is 0 Å². The van der Waals surface area contributed by atoms with Crippen molar-refractivity contribution in [3.8, 4) is 0 Å². The second-order valence-electron chi connectivity index (χ2n) is 10.1. The van der Waals surface area contributed by atoms with Crippen molar-refractivity contribution in [3.05, 3.63) is 35.3 Å². The molecule has 0 aromatic heterocycles. The normalized spacial score (nSPS) is 33.2. The van der Waals surface area contributed by atoms with Crippen LogP contribution >= 0.6 is 0 Å². The number of halogens is 1. The third kappa shape index (κ3) is 4.10. The molecular weight excluding hydrogens is 423 g/mol. The van der Waals surface area contributed by atoms with Crippen LogP contribution in [0.15, 0.2) is 45.5 Å². The zero-order valence-corrected chi connectivity index (χ0v) is 19.4. The van der Waals surface area contributed by atoms with Crippen LogP contribution in [0, 0.1) is 5.92 Å². The maximum atomic E-state index is 14.6. The number of fused-ring (bicyclic) bond motifs is 1. The molecule has 1 saturated heterocycles. The number of likely N-dealkylation sites (N-methyl/N-ethyl adjacent to an activating group) is 1. The van der Waals surface area contributed by atoms with E-state index in [1.165, 1.54) is 0 Å². The number of hydrazone groups is 2. The summed E-state index contributed by atoms with van der Waals surface area (Å²) >= 11 is 0. The lowest BCUT2D eigenvalue weighted by Crippen LogP contribution is -2.55. The molecule has 178 valence electrons. The minimum atomic E-state index is -0.274. The molecule has 6 rings (SSSR count). The molecule has 3 N–H and O–H groups in total. The minimum absolute atomic E-state index is 0.00258. The van der Waals surface area contributed by atoms with Gasteiger partial charge in [0.05, 0.1) is 31.0 Å². The van der Waals surface area contributed by atoms with E-state index in [-0.39, 0.29) is 23.4 Å². The highest BCUT2D eigenvalue weighted by Gasteiger charge is 2.44. The van der Waals surface area contributed by atoms with Gasteiger partial charge in [-0.15, -0.1) is 0 Å². The fourth-order valence-corrected chi connectivity index (χ4v) is 5.24. The van der Waals surface area contributed by atoms with Gasteiger partial charge in [0.15, 0.2) is 5.83 Å². The van der Waals surface area contributed by atoms with E-state index in [0.717, 1.165) is 62.8 Å². The Bertz CT molecular complexity index is 960. The monoisotopic (exact) mass is 456 g/mol. The van der Waals surface area contributed by atoms with Crippen molar-refractivity contribution < 1.29 is 9.13 Å². The Kier molecular flexibility index (Phi) is 5.10. The molecule has 10 heteroatoms. The van der Waals surface area contributed by atoms with Crippen molar-refractivity contribution in [3.63, 3.8) is 0 Å². The minimum Gasteiger partial charge on any atom is -0.489 e. The van der Waals surface area contributed by atoms with Gasteiger partial charge in [-0.05, 0) is 31.9 Å². The number of hydrogen-bond acceptors (Lipinski definition) is 9. The van der Waals surface area contributed by atoms with Crippen LogP contribution in [0.25, 0.3) is 0 Å². The van der Waals surface area contributed by atoms with E-state index in [1.807, 2.05) is 12.1 Å². The van der Waals surface area contributed by atoms with Crippen molar-refractivity contribution in [2.75, 3.05) is 46.4 Å². The highest BCUT2D eigenvalue weighted by atomic mass is 19.1. The SMILES string of the molecule is CN1C[C@H](N2CCN(C3=C[C@H](C4=NNC5=CC(F)=C(OC6(C)CC6)C[C@@H]54)NCN3)CC2)C=N1. The summed E-state index contributed by atoms with van der Waals surface area (Å²) in [5.74, 6) is 1.36. The Hall–Kier alpha value is -2.59. The van der Waals surface area contributed by atoms with E-state index in [1.54, 1.807) is 6.08 Å². The van der Waals surface area contributed by atoms with Crippen molar-refractivity contribution in [1.82, 2.24) is 30.9 Å². The van der Waals surface area contributed by atoms with Crippen LogP contribution in [0.2, 0.25) is 0 Å². The van der Waals surface area contributed by atoms with Crippen LogP contribution in [-0.4, -0.2) is 90.9 Å². The maximum Gasteiger partial charge on any atom is 0.162 e. The topological polar surface area (TPSA) is 79.8 Å². The van der Waals surface area contributed by atoms with Gasteiger partial charge in [-0.2, -0.15) is 10.2 Å². The first-order chi connectivity index (χ1) is 16.0. The molecule has 0 aromatic rings. The number of allylic oxidation sites excluding steroid dienone is 4. The number of nitrogens with zero attached hydrogens (tertiary/aromatic N) is 5. The molecule has 0 aromatic carbocycles.